The SMILES string of the molecule is CCc1noc(CSC2=NC(=Cc3ccc(C(C)C)cc3)C(=O)N2c2ccc(C)cc2)n1. The van der Waals surface area contributed by atoms with Crippen LogP contribution in [-0.4, -0.2) is 21.2 Å². The van der Waals surface area contributed by atoms with E-state index >= 15 is 0 Å². The Labute approximate surface area is 192 Å². The largest absolute Gasteiger partial charge is 0.338 e. The number of hydrogen-bond donors (Lipinski definition) is 0. The lowest BCUT2D eigenvalue weighted by atomic mass is 10.0. The standard InChI is InChI=1S/C25H26N4O2S/c1-5-22-27-23(31-28-22)15-32-25-26-21(14-18-8-10-19(11-9-18)16(2)3)24(30)29(25)20-12-6-17(4)7-13-20/h6-14,16H,5,15H2,1-4H3. The van der Waals surface area contributed by atoms with E-state index in [0.29, 0.717) is 40.7 Å². The molecule has 164 valence electrons. The van der Waals surface area contributed by atoms with E-state index in [0.717, 1.165) is 16.8 Å². The number of anilines is 1. The summed E-state index contributed by atoms with van der Waals surface area (Å²) in [4.78, 5) is 24.0. The van der Waals surface area contributed by atoms with Gasteiger partial charge in [0.15, 0.2) is 11.0 Å². The third kappa shape index (κ3) is 4.83. The highest BCUT2D eigenvalue weighted by Gasteiger charge is 2.32. The van der Waals surface area contributed by atoms with E-state index in [1.807, 2.05) is 56.3 Å². The smallest absolute Gasteiger partial charge is 0.283 e. The summed E-state index contributed by atoms with van der Waals surface area (Å²) < 4.78 is 5.30. The maximum absolute atomic E-state index is 13.3. The van der Waals surface area contributed by atoms with Gasteiger partial charge >= 0.3 is 0 Å². The topological polar surface area (TPSA) is 71.6 Å². The zero-order chi connectivity index (χ0) is 22.7. The number of aromatic nitrogens is 2. The zero-order valence-corrected chi connectivity index (χ0v) is 19.5. The van der Waals surface area contributed by atoms with Gasteiger partial charge in [-0.3, -0.25) is 9.69 Å². The number of aliphatic imine (C=N–C) groups is 1. The van der Waals surface area contributed by atoms with E-state index in [1.165, 1.54) is 17.3 Å². The third-order valence-electron chi connectivity index (χ3n) is 5.18. The molecule has 0 N–H and O–H groups in total. The van der Waals surface area contributed by atoms with Crippen LogP contribution >= 0.6 is 11.8 Å². The van der Waals surface area contributed by atoms with Crippen molar-refractivity contribution in [2.24, 2.45) is 4.99 Å². The molecule has 2 aromatic carbocycles. The number of hydrogen-bond acceptors (Lipinski definition) is 6. The van der Waals surface area contributed by atoms with Crippen molar-refractivity contribution < 1.29 is 9.32 Å². The summed E-state index contributed by atoms with van der Waals surface area (Å²) in [5, 5.41) is 4.54. The highest BCUT2D eigenvalue weighted by atomic mass is 32.2. The monoisotopic (exact) mass is 446 g/mol. The summed E-state index contributed by atoms with van der Waals surface area (Å²) >= 11 is 1.41. The maximum atomic E-state index is 13.3. The van der Waals surface area contributed by atoms with Crippen molar-refractivity contribution in [2.45, 2.75) is 45.8 Å². The van der Waals surface area contributed by atoms with E-state index in [2.05, 4.69) is 41.1 Å². The normalized spacial score (nSPS) is 15.2. The van der Waals surface area contributed by atoms with Gasteiger partial charge in [0, 0.05) is 6.42 Å². The second-order valence-electron chi connectivity index (χ2n) is 7.97. The molecule has 7 heteroatoms. The number of amidine groups is 1. The van der Waals surface area contributed by atoms with Crippen LogP contribution in [0.15, 0.2) is 63.7 Å². The molecule has 1 amide bonds. The van der Waals surface area contributed by atoms with Crippen molar-refractivity contribution in [1.82, 2.24) is 10.1 Å². The summed E-state index contributed by atoms with van der Waals surface area (Å²) in [6.07, 6.45) is 2.55. The zero-order valence-electron chi connectivity index (χ0n) is 18.7. The molecule has 3 aromatic rings. The highest BCUT2D eigenvalue weighted by molar-refractivity contribution is 8.13. The number of carbonyl (C=O) groups excluding carboxylic acids is 1. The van der Waals surface area contributed by atoms with Crippen LogP contribution in [0.1, 0.15) is 55.1 Å². The lowest BCUT2D eigenvalue weighted by Gasteiger charge is -2.17. The van der Waals surface area contributed by atoms with Crippen molar-refractivity contribution in [1.29, 1.82) is 0 Å². The number of benzene rings is 2. The first-order chi connectivity index (χ1) is 15.4. The van der Waals surface area contributed by atoms with Gasteiger partial charge in [0.05, 0.1) is 11.4 Å². The molecule has 6 nitrogen and oxygen atoms in total. The van der Waals surface area contributed by atoms with E-state index in [1.54, 1.807) is 4.90 Å². The minimum atomic E-state index is -0.149. The van der Waals surface area contributed by atoms with Gasteiger partial charge in [0.2, 0.25) is 5.89 Å². The van der Waals surface area contributed by atoms with Crippen LogP contribution in [0.5, 0.6) is 0 Å². The van der Waals surface area contributed by atoms with Crippen molar-refractivity contribution in [3.8, 4) is 0 Å². The van der Waals surface area contributed by atoms with Crippen molar-refractivity contribution in [2.75, 3.05) is 4.90 Å². The molecule has 0 spiro atoms. The van der Waals surface area contributed by atoms with E-state index < -0.39 is 0 Å². The van der Waals surface area contributed by atoms with Crippen molar-refractivity contribution in [3.05, 3.63) is 82.6 Å². The number of nitrogens with zero attached hydrogens (tertiary/aromatic N) is 4. The molecule has 4 rings (SSSR count). The van der Waals surface area contributed by atoms with Crippen LogP contribution < -0.4 is 4.90 Å². The fourth-order valence-corrected chi connectivity index (χ4v) is 4.12. The number of rotatable bonds is 6. The van der Waals surface area contributed by atoms with Gasteiger partial charge in [-0.05, 0) is 42.2 Å². The molecule has 0 atom stereocenters. The minimum Gasteiger partial charge on any atom is -0.338 e. The molecule has 1 aliphatic rings. The Balaban J connectivity index is 1.63. The van der Waals surface area contributed by atoms with Gasteiger partial charge in [0.25, 0.3) is 5.91 Å². The molecular formula is C25H26N4O2S. The predicted molar refractivity (Wildman–Crippen MR) is 130 cm³/mol. The Kier molecular flexibility index (Phi) is 6.55. The number of amides is 1. The number of carbonyl (C=O) groups is 1. The Hall–Kier alpha value is -3.19. The molecular weight excluding hydrogens is 420 g/mol. The summed E-state index contributed by atoms with van der Waals surface area (Å²) in [6.45, 7) is 8.32. The van der Waals surface area contributed by atoms with E-state index in [-0.39, 0.29) is 5.91 Å². The van der Waals surface area contributed by atoms with Gasteiger partial charge < -0.3 is 4.52 Å². The molecule has 1 aliphatic heterocycles. The van der Waals surface area contributed by atoms with Crippen molar-refractivity contribution >= 4 is 34.6 Å². The van der Waals surface area contributed by atoms with Gasteiger partial charge in [-0.1, -0.05) is 79.7 Å². The van der Waals surface area contributed by atoms with E-state index in [4.69, 9.17) is 4.52 Å². The quantitative estimate of drug-likeness (QED) is 0.452. The second-order valence-corrected chi connectivity index (χ2v) is 8.91. The average Bonchev–Trinajstić information content (AvgIpc) is 3.38. The lowest BCUT2D eigenvalue weighted by molar-refractivity contribution is -0.113. The van der Waals surface area contributed by atoms with Crippen LogP contribution in [-0.2, 0) is 17.0 Å². The maximum Gasteiger partial charge on any atom is 0.283 e. The molecule has 1 aromatic heterocycles. The van der Waals surface area contributed by atoms with Crippen LogP contribution in [0.25, 0.3) is 6.08 Å². The first kappa shape index (κ1) is 22.0. The molecule has 32 heavy (non-hydrogen) atoms. The lowest BCUT2D eigenvalue weighted by Crippen LogP contribution is -2.30. The molecule has 0 unspecified atom stereocenters. The van der Waals surface area contributed by atoms with Crippen LogP contribution in [0, 0.1) is 6.92 Å². The van der Waals surface area contributed by atoms with Gasteiger partial charge in [-0.2, -0.15) is 4.98 Å². The average molecular weight is 447 g/mol. The molecule has 0 saturated heterocycles. The fraction of sp³-hybridized carbons (Fsp3) is 0.280. The molecule has 0 aliphatic carbocycles. The summed E-state index contributed by atoms with van der Waals surface area (Å²) in [7, 11) is 0. The van der Waals surface area contributed by atoms with E-state index in [9.17, 15) is 4.79 Å². The minimum absolute atomic E-state index is 0.149. The van der Waals surface area contributed by atoms with Crippen LogP contribution in [0.3, 0.4) is 0 Å². The summed E-state index contributed by atoms with van der Waals surface area (Å²) in [6, 6.07) is 16.1. The van der Waals surface area contributed by atoms with Gasteiger partial charge in [0.1, 0.15) is 5.70 Å². The Bertz CT molecular complexity index is 1160. The molecule has 2 heterocycles. The van der Waals surface area contributed by atoms with Crippen LogP contribution in [0.4, 0.5) is 5.69 Å². The van der Waals surface area contributed by atoms with Crippen LogP contribution in [0.2, 0.25) is 0 Å². The fourth-order valence-electron chi connectivity index (χ4n) is 3.27. The predicted octanol–water partition coefficient (Wildman–Crippen LogP) is 5.74. The summed E-state index contributed by atoms with van der Waals surface area (Å²) in [5.41, 5.74) is 4.53. The first-order valence-electron chi connectivity index (χ1n) is 10.7. The Morgan fingerprint density at radius 3 is 2.44 bits per heavy atom. The molecule has 0 radical (unpaired) electrons. The molecule has 0 bridgehead atoms. The highest BCUT2D eigenvalue weighted by Crippen LogP contribution is 2.31. The Morgan fingerprint density at radius 1 is 1.09 bits per heavy atom. The number of thioether (sulfide) groups is 1. The number of aryl methyl sites for hydroxylation is 2. The first-order valence-corrected chi connectivity index (χ1v) is 11.7. The second kappa shape index (κ2) is 9.53. The van der Waals surface area contributed by atoms with Crippen molar-refractivity contribution in [3.63, 3.8) is 0 Å². The molecule has 0 fully saturated rings. The Morgan fingerprint density at radius 2 is 1.81 bits per heavy atom. The molecule has 0 saturated carbocycles. The van der Waals surface area contributed by atoms with Gasteiger partial charge in [-0.25, -0.2) is 4.99 Å². The van der Waals surface area contributed by atoms with Gasteiger partial charge in [-0.15, -0.1) is 0 Å². The summed E-state index contributed by atoms with van der Waals surface area (Å²) in [5.74, 6) is 1.95. The third-order valence-corrected chi connectivity index (χ3v) is 6.10.